The number of nitrogens with zero attached hydrogens (tertiary/aromatic N) is 2. The number of hydrogen-bond donors (Lipinski definition) is 4. The smallest absolute Gasteiger partial charge is 0.262 e. The van der Waals surface area contributed by atoms with Gasteiger partial charge in [-0.2, -0.15) is 0 Å². The lowest BCUT2D eigenvalue weighted by Crippen LogP contribution is -2.15. The van der Waals surface area contributed by atoms with E-state index in [4.69, 9.17) is 4.74 Å². The Labute approximate surface area is 354 Å². The average molecular weight is 841 g/mol. The molecule has 0 aliphatic rings. The lowest BCUT2D eigenvalue weighted by atomic mass is 10.0. The first-order valence-corrected chi connectivity index (χ1v) is 23.6. The molecular formula is C47H60N4O6S2. The van der Waals surface area contributed by atoms with Crippen molar-refractivity contribution in [1.82, 2.24) is 0 Å². The van der Waals surface area contributed by atoms with Crippen LogP contribution in [0.4, 0.5) is 22.7 Å². The van der Waals surface area contributed by atoms with Crippen LogP contribution < -0.4 is 14.8 Å². The third-order valence-corrected chi connectivity index (χ3v) is 13.0. The number of ether oxygens (including phenoxy) is 1. The van der Waals surface area contributed by atoms with E-state index in [9.17, 15) is 23.4 Å². The number of anilines is 2. The minimum atomic E-state index is -4.38. The Balaban J connectivity index is 1.24. The van der Waals surface area contributed by atoms with E-state index in [1.54, 1.807) is 36.4 Å². The lowest BCUT2D eigenvalue weighted by Gasteiger charge is -2.18. The number of phenols is 2. The summed E-state index contributed by atoms with van der Waals surface area (Å²) in [4.78, 5) is 12.6. The molecule has 0 unspecified atom stereocenters. The van der Waals surface area contributed by atoms with Crippen LogP contribution in [0.2, 0.25) is 0 Å². The Bertz CT molecular complexity index is 2300. The van der Waals surface area contributed by atoms with E-state index in [0.717, 1.165) is 24.0 Å². The summed E-state index contributed by atoms with van der Waals surface area (Å²) in [6, 6.07) is 22.0. The van der Waals surface area contributed by atoms with Crippen LogP contribution in [0.3, 0.4) is 0 Å². The molecule has 0 atom stereocenters. The molecule has 0 saturated carbocycles. The zero-order valence-electron chi connectivity index (χ0n) is 34.8. The minimum absolute atomic E-state index is 0.0511. The van der Waals surface area contributed by atoms with Gasteiger partial charge < -0.3 is 20.3 Å². The molecule has 0 fully saturated rings. The molecule has 0 radical (unpaired) electrons. The fraction of sp³-hybridized carbons (Fsp3) is 0.426. The highest BCUT2D eigenvalue weighted by atomic mass is 32.2. The Kier molecular flexibility index (Phi) is 17.7. The first-order valence-electron chi connectivity index (χ1n) is 21.2. The molecular weight excluding hydrogens is 781 g/mol. The summed E-state index contributed by atoms with van der Waals surface area (Å²) < 4.78 is 36.6. The maximum Gasteiger partial charge on any atom is 0.262 e. The van der Waals surface area contributed by atoms with Crippen LogP contribution in [0, 0.1) is 0 Å². The van der Waals surface area contributed by atoms with Crippen LogP contribution in [0.5, 0.6) is 17.2 Å². The normalized spacial score (nSPS) is 11.8. The van der Waals surface area contributed by atoms with Gasteiger partial charge in [0.2, 0.25) is 5.91 Å². The van der Waals surface area contributed by atoms with E-state index in [0.29, 0.717) is 21.7 Å². The predicted molar refractivity (Wildman–Crippen MR) is 244 cm³/mol. The fourth-order valence-electron chi connectivity index (χ4n) is 7.37. The summed E-state index contributed by atoms with van der Waals surface area (Å²) in [7, 11) is -2.86. The minimum Gasteiger partial charge on any atom is -0.505 e. The fourth-order valence-corrected chi connectivity index (χ4v) is 9.67. The number of hydrogen-bond acceptors (Lipinski definition) is 9. The molecule has 5 rings (SSSR count). The predicted octanol–water partition coefficient (Wildman–Crippen LogP) is 13.9. The van der Waals surface area contributed by atoms with Gasteiger partial charge in [-0.05, 0) is 54.0 Å². The van der Waals surface area contributed by atoms with Crippen molar-refractivity contribution in [1.29, 1.82) is 0 Å². The lowest BCUT2D eigenvalue weighted by molar-refractivity contribution is -0.114. The highest BCUT2D eigenvalue weighted by Gasteiger charge is 2.25. The molecule has 1 amide bonds. The number of fused-ring (bicyclic) bond motifs is 2. The van der Waals surface area contributed by atoms with Gasteiger partial charge in [0, 0.05) is 17.7 Å². The van der Waals surface area contributed by atoms with Crippen LogP contribution in [0.15, 0.2) is 98.9 Å². The van der Waals surface area contributed by atoms with Crippen molar-refractivity contribution in [3.8, 4) is 17.2 Å². The molecule has 0 saturated heterocycles. The first-order chi connectivity index (χ1) is 28.6. The summed E-state index contributed by atoms with van der Waals surface area (Å²) in [6.45, 7) is 3.59. The molecule has 59 heavy (non-hydrogen) atoms. The molecule has 0 spiro atoms. The SMILES string of the molecule is CCCCCCCCCCCCCCCCCCSc1cc2ccccc2c(NS(=O)(=O)c2ccc(NC(C)=O)c3c(O)c(N=Nc4ccccc4OC)ccc23)c1O. The van der Waals surface area contributed by atoms with Gasteiger partial charge in [-0.3, -0.25) is 9.52 Å². The molecule has 5 aromatic carbocycles. The van der Waals surface area contributed by atoms with Gasteiger partial charge in [0.05, 0.1) is 33.7 Å². The van der Waals surface area contributed by atoms with Gasteiger partial charge in [-0.1, -0.05) is 146 Å². The molecule has 0 aromatic heterocycles. The number of benzene rings is 5. The number of para-hydroxylation sites is 1. The van der Waals surface area contributed by atoms with Gasteiger partial charge >= 0.3 is 0 Å². The largest absolute Gasteiger partial charge is 0.505 e. The zero-order valence-corrected chi connectivity index (χ0v) is 36.4. The molecule has 5 aromatic rings. The Hall–Kier alpha value is -4.81. The number of azo groups is 1. The molecule has 0 bridgehead atoms. The van der Waals surface area contributed by atoms with Crippen molar-refractivity contribution < 1.29 is 28.2 Å². The first kappa shape index (κ1) is 45.3. The molecule has 316 valence electrons. The van der Waals surface area contributed by atoms with Crippen LogP contribution in [0.1, 0.15) is 117 Å². The number of sulfonamides is 1. The van der Waals surface area contributed by atoms with Crippen molar-refractivity contribution >= 4 is 72.0 Å². The van der Waals surface area contributed by atoms with E-state index < -0.39 is 15.9 Å². The number of carbonyl (C=O) groups is 1. The summed E-state index contributed by atoms with van der Waals surface area (Å²) in [5.74, 6) is 0.346. The summed E-state index contributed by atoms with van der Waals surface area (Å²) in [5, 5.41) is 35.8. The van der Waals surface area contributed by atoms with E-state index in [-0.39, 0.29) is 44.2 Å². The van der Waals surface area contributed by atoms with E-state index in [1.807, 2.05) is 18.2 Å². The molecule has 12 heteroatoms. The van der Waals surface area contributed by atoms with Gasteiger partial charge in [0.1, 0.15) is 17.1 Å². The zero-order chi connectivity index (χ0) is 42.0. The second kappa shape index (κ2) is 23.1. The Morgan fingerprint density at radius 1 is 0.695 bits per heavy atom. The van der Waals surface area contributed by atoms with E-state index in [1.165, 1.54) is 140 Å². The number of amides is 1. The third kappa shape index (κ3) is 12.8. The number of methoxy groups -OCH3 is 1. The van der Waals surface area contributed by atoms with Gasteiger partial charge in [-0.15, -0.1) is 22.0 Å². The highest BCUT2D eigenvalue weighted by Crippen LogP contribution is 2.45. The van der Waals surface area contributed by atoms with Gasteiger partial charge in [-0.25, -0.2) is 8.42 Å². The van der Waals surface area contributed by atoms with Crippen molar-refractivity contribution in [2.45, 2.75) is 126 Å². The van der Waals surface area contributed by atoms with Crippen LogP contribution in [-0.4, -0.2) is 37.4 Å². The number of phenolic OH excluding ortho intramolecular Hbond substituents is 2. The van der Waals surface area contributed by atoms with Crippen molar-refractivity contribution in [2.24, 2.45) is 10.2 Å². The third-order valence-electron chi connectivity index (χ3n) is 10.5. The van der Waals surface area contributed by atoms with Crippen molar-refractivity contribution in [2.75, 3.05) is 22.9 Å². The average Bonchev–Trinajstić information content (AvgIpc) is 3.22. The molecule has 0 aliphatic carbocycles. The number of aromatic hydroxyl groups is 2. The standard InChI is InChI=1S/C47H60N4O6S2/c1-4-5-6-7-8-9-10-11-12-13-14-15-16-17-18-23-32-58-42-33-35-24-19-20-25-36(35)45(47(42)54)51-59(55,56)43-31-30-39(48-34(2)52)44-37(43)28-29-40(46(44)53)50-49-38-26-21-22-27-41(38)57-3/h19-22,24-31,33,51,53-54H,4-18,23,32H2,1-3H3,(H,48,52). The maximum absolute atomic E-state index is 14.3. The van der Waals surface area contributed by atoms with Crippen LogP contribution in [0.25, 0.3) is 21.5 Å². The van der Waals surface area contributed by atoms with Crippen LogP contribution in [-0.2, 0) is 14.8 Å². The van der Waals surface area contributed by atoms with Gasteiger partial charge in [0.25, 0.3) is 10.0 Å². The second-order valence-electron chi connectivity index (χ2n) is 15.1. The van der Waals surface area contributed by atoms with Gasteiger partial charge in [0.15, 0.2) is 11.5 Å². The molecule has 0 heterocycles. The Morgan fingerprint density at radius 3 is 1.93 bits per heavy atom. The number of rotatable bonds is 25. The topological polar surface area (TPSA) is 150 Å². The van der Waals surface area contributed by atoms with Crippen molar-refractivity contribution in [3.63, 3.8) is 0 Å². The van der Waals surface area contributed by atoms with Crippen molar-refractivity contribution in [3.05, 3.63) is 78.9 Å². The van der Waals surface area contributed by atoms with Crippen LogP contribution >= 0.6 is 11.8 Å². The number of carbonyl (C=O) groups excluding carboxylic acids is 1. The van der Waals surface area contributed by atoms with E-state index in [2.05, 4.69) is 27.2 Å². The molecule has 4 N–H and O–H groups in total. The second-order valence-corrected chi connectivity index (χ2v) is 17.9. The summed E-state index contributed by atoms with van der Waals surface area (Å²) in [5.41, 5.74) is 0.743. The number of unbranched alkanes of at least 4 members (excludes halogenated alkanes) is 15. The van der Waals surface area contributed by atoms with E-state index >= 15 is 0 Å². The monoisotopic (exact) mass is 840 g/mol. The summed E-state index contributed by atoms with van der Waals surface area (Å²) >= 11 is 1.52. The quantitative estimate of drug-likeness (QED) is 0.0198. The maximum atomic E-state index is 14.3. The number of nitrogens with one attached hydrogen (secondary N) is 2. The molecule has 0 aliphatic heterocycles. The Morgan fingerprint density at radius 2 is 1.29 bits per heavy atom. The number of thioether (sulfide) groups is 1. The highest BCUT2D eigenvalue weighted by molar-refractivity contribution is 7.99. The summed E-state index contributed by atoms with van der Waals surface area (Å²) in [6.07, 6.45) is 20.8. The molecule has 10 nitrogen and oxygen atoms in total.